The molecule has 0 saturated heterocycles. The van der Waals surface area contributed by atoms with E-state index in [9.17, 15) is 9.18 Å². The molecule has 4 nitrogen and oxygen atoms in total. The molecule has 2 rings (SSSR count). The summed E-state index contributed by atoms with van der Waals surface area (Å²) in [5.74, 6) is -0.450. The Kier molecular flexibility index (Phi) is 5.17. The van der Waals surface area contributed by atoms with Crippen LogP contribution in [0.4, 0.5) is 9.52 Å². The highest BCUT2D eigenvalue weighted by molar-refractivity contribution is 7.15. The van der Waals surface area contributed by atoms with Crippen LogP contribution < -0.4 is 5.32 Å². The Morgan fingerprint density at radius 2 is 2.10 bits per heavy atom. The third-order valence-electron chi connectivity index (χ3n) is 2.76. The summed E-state index contributed by atoms with van der Waals surface area (Å²) in [5, 5.41) is 12.0. The largest absolute Gasteiger partial charge is 0.301 e. The third-order valence-corrected chi connectivity index (χ3v) is 3.65. The standard InChI is InChI=1S/C14H16FN3OS/c1-2-5-13-17-18-14(20-13)16-12(19)9-8-10-6-3-4-7-11(10)15/h3-4,6-7H,2,5,8-9H2,1H3,(H,16,18,19). The van der Waals surface area contributed by atoms with Crippen LogP contribution in [0.25, 0.3) is 0 Å². The number of nitrogens with zero attached hydrogens (tertiary/aromatic N) is 2. The van der Waals surface area contributed by atoms with Gasteiger partial charge in [0, 0.05) is 12.8 Å². The number of hydrogen-bond donors (Lipinski definition) is 1. The summed E-state index contributed by atoms with van der Waals surface area (Å²) in [6.45, 7) is 2.06. The van der Waals surface area contributed by atoms with E-state index in [-0.39, 0.29) is 18.1 Å². The van der Waals surface area contributed by atoms with E-state index in [1.165, 1.54) is 17.4 Å². The van der Waals surface area contributed by atoms with Crippen LogP contribution >= 0.6 is 11.3 Å². The Labute approximate surface area is 121 Å². The fourth-order valence-electron chi connectivity index (χ4n) is 1.75. The number of anilines is 1. The first-order chi connectivity index (χ1) is 9.69. The van der Waals surface area contributed by atoms with Crippen molar-refractivity contribution in [2.24, 2.45) is 0 Å². The van der Waals surface area contributed by atoms with Crippen molar-refractivity contribution >= 4 is 22.4 Å². The van der Waals surface area contributed by atoms with Crippen LogP contribution in [0, 0.1) is 5.82 Å². The van der Waals surface area contributed by atoms with Gasteiger partial charge in [-0.2, -0.15) is 0 Å². The maximum atomic E-state index is 13.4. The highest BCUT2D eigenvalue weighted by atomic mass is 32.1. The average molecular weight is 293 g/mol. The molecule has 0 bridgehead atoms. The molecule has 0 aliphatic rings. The van der Waals surface area contributed by atoms with Gasteiger partial charge in [0.15, 0.2) is 0 Å². The summed E-state index contributed by atoms with van der Waals surface area (Å²) in [6.07, 6.45) is 2.46. The smallest absolute Gasteiger partial charge is 0.226 e. The summed E-state index contributed by atoms with van der Waals surface area (Å²) in [7, 11) is 0. The number of nitrogens with one attached hydrogen (secondary N) is 1. The third kappa shape index (κ3) is 4.09. The van der Waals surface area contributed by atoms with Crippen molar-refractivity contribution in [3.63, 3.8) is 0 Å². The second-order valence-electron chi connectivity index (χ2n) is 4.39. The monoisotopic (exact) mass is 293 g/mol. The van der Waals surface area contributed by atoms with Crippen LogP contribution in [0.5, 0.6) is 0 Å². The van der Waals surface area contributed by atoms with Crippen LogP contribution in [0.1, 0.15) is 30.3 Å². The molecule has 6 heteroatoms. The van der Waals surface area contributed by atoms with Crippen molar-refractivity contribution in [2.75, 3.05) is 5.32 Å². The van der Waals surface area contributed by atoms with Gasteiger partial charge in [0.2, 0.25) is 11.0 Å². The van der Waals surface area contributed by atoms with Crippen molar-refractivity contribution in [1.82, 2.24) is 10.2 Å². The molecule has 1 aromatic heterocycles. The van der Waals surface area contributed by atoms with E-state index in [2.05, 4.69) is 22.4 Å². The summed E-state index contributed by atoms with van der Waals surface area (Å²) in [4.78, 5) is 11.8. The Hall–Kier alpha value is -1.82. The number of carbonyl (C=O) groups excluding carboxylic acids is 1. The minimum atomic E-state index is -0.276. The van der Waals surface area contributed by atoms with Crippen LogP contribution in [-0.2, 0) is 17.6 Å². The molecule has 0 fully saturated rings. The van der Waals surface area contributed by atoms with Crippen molar-refractivity contribution in [3.05, 3.63) is 40.7 Å². The molecule has 0 atom stereocenters. The number of aryl methyl sites for hydroxylation is 2. The fraction of sp³-hybridized carbons (Fsp3) is 0.357. The van der Waals surface area contributed by atoms with E-state index in [1.54, 1.807) is 18.2 Å². The first kappa shape index (κ1) is 14.6. The molecule has 1 N–H and O–H groups in total. The molecule has 1 heterocycles. The van der Waals surface area contributed by atoms with Gasteiger partial charge in [0.05, 0.1) is 0 Å². The fourth-order valence-corrected chi connectivity index (χ4v) is 2.61. The molecular weight excluding hydrogens is 277 g/mol. The zero-order valence-corrected chi connectivity index (χ0v) is 12.0. The van der Waals surface area contributed by atoms with Gasteiger partial charge < -0.3 is 5.32 Å². The molecule has 1 amide bonds. The maximum Gasteiger partial charge on any atom is 0.226 e. The molecule has 1 aromatic carbocycles. The molecule has 0 unspecified atom stereocenters. The highest BCUT2D eigenvalue weighted by Gasteiger charge is 2.09. The minimum absolute atomic E-state index is 0.174. The number of halogens is 1. The van der Waals surface area contributed by atoms with Gasteiger partial charge in [-0.1, -0.05) is 36.5 Å². The lowest BCUT2D eigenvalue weighted by Crippen LogP contribution is -2.12. The Balaban J connectivity index is 1.84. The lowest BCUT2D eigenvalue weighted by atomic mass is 10.1. The molecule has 2 aromatic rings. The molecular formula is C14H16FN3OS. The van der Waals surface area contributed by atoms with Gasteiger partial charge >= 0.3 is 0 Å². The van der Waals surface area contributed by atoms with E-state index in [0.717, 1.165) is 17.8 Å². The topological polar surface area (TPSA) is 54.9 Å². The van der Waals surface area contributed by atoms with Crippen LogP contribution in [0.2, 0.25) is 0 Å². The van der Waals surface area contributed by atoms with Crippen molar-refractivity contribution in [3.8, 4) is 0 Å². The zero-order chi connectivity index (χ0) is 14.4. The maximum absolute atomic E-state index is 13.4. The molecule has 0 aliphatic heterocycles. The molecule has 0 aliphatic carbocycles. The minimum Gasteiger partial charge on any atom is -0.301 e. The van der Waals surface area contributed by atoms with E-state index < -0.39 is 0 Å². The Morgan fingerprint density at radius 3 is 2.85 bits per heavy atom. The van der Waals surface area contributed by atoms with E-state index in [0.29, 0.717) is 17.1 Å². The van der Waals surface area contributed by atoms with Crippen LogP contribution in [-0.4, -0.2) is 16.1 Å². The molecule has 0 saturated carbocycles. The predicted octanol–water partition coefficient (Wildman–Crippen LogP) is 3.20. The first-order valence-corrected chi connectivity index (χ1v) is 7.36. The van der Waals surface area contributed by atoms with Crippen LogP contribution in [0.15, 0.2) is 24.3 Å². The van der Waals surface area contributed by atoms with E-state index in [1.807, 2.05) is 0 Å². The summed E-state index contributed by atoms with van der Waals surface area (Å²) in [6, 6.07) is 6.48. The van der Waals surface area contributed by atoms with Gasteiger partial charge in [0.1, 0.15) is 10.8 Å². The number of carbonyl (C=O) groups is 1. The van der Waals surface area contributed by atoms with Crippen LogP contribution in [0.3, 0.4) is 0 Å². The van der Waals surface area contributed by atoms with E-state index >= 15 is 0 Å². The Bertz CT molecular complexity index is 585. The van der Waals surface area contributed by atoms with Gasteiger partial charge in [-0.25, -0.2) is 4.39 Å². The van der Waals surface area contributed by atoms with E-state index in [4.69, 9.17) is 0 Å². The van der Waals surface area contributed by atoms with Gasteiger partial charge in [-0.15, -0.1) is 10.2 Å². The second kappa shape index (κ2) is 7.09. The predicted molar refractivity (Wildman–Crippen MR) is 77.3 cm³/mol. The lowest BCUT2D eigenvalue weighted by molar-refractivity contribution is -0.116. The van der Waals surface area contributed by atoms with Crippen molar-refractivity contribution in [2.45, 2.75) is 32.6 Å². The SMILES string of the molecule is CCCc1nnc(NC(=O)CCc2ccccc2F)s1. The normalized spacial score (nSPS) is 10.5. The quantitative estimate of drug-likeness (QED) is 0.890. The molecule has 20 heavy (non-hydrogen) atoms. The van der Waals surface area contributed by atoms with Crippen molar-refractivity contribution < 1.29 is 9.18 Å². The lowest BCUT2D eigenvalue weighted by Gasteiger charge is -2.02. The average Bonchev–Trinajstić information content (AvgIpc) is 2.85. The Morgan fingerprint density at radius 1 is 1.30 bits per heavy atom. The van der Waals surface area contributed by atoms with Gasteiger partial charge in [-0.05, 0) is 24.5 Å². The zero-order valence-electron chi connectivity index (χ0n) is 11.2. The molecule has 106 valence electrons. The summed E-state index contributed by atoms with van der Waals surface area (Å²) < 4.78 is 13.4. The number of aromatic nitrogens is 2. The first-order valence-electron chi connectivity index (χ1n) is 6.54. The summed E-state index contributed by atoms with van der Waals surface area (Å²) >= 11 is 1.38. The number of benzene rings is 1. The second-order valence-corrected chi connectivity index (χ2v) is 5.45. The number of amides is 1. The molecule has 0 radical (unpaired) electrons. The number of rotatable bonds is 6. The highest BCUT2D eigenvalue weighted by Crippen LogP contribution is 2.17. The summed E-state index contributed by atoms with van der Waals surface area (Å²) in [5.41, 5.74) is 0.548. The number of hydrogen-bond acceptors (Lipinski definition) is 4. The molecule has 0 spiro atoms. The van der Waals surface area contributed by atoms with Crippen molar-refractivity contribution in [1.29, 1.82) is 0 Å². The van der Waals surface area contributed by atoms with Gasteiger partial charge in [-0.3, -0.25) is 4.79 Å². The van der Waals surface area contributed by atoms with Gasteiger partial charge in [0.25, 0.3) is 0 Å².